The van der Waals surface area contributed by atoms with E-state index in [1.54, 1.807) is 6.92 Å². The summed E-state index contributed by atoms with van der Waals surface area (Å²) in [6, 6.07) is 16.2. The maximum absolute atomic E-state index is 12.4. The quantitative estimate of drug-likeness (QED) is 0.816. The molecule has 2 aromatic rings. The van der Waals surface area contributed by atoms with Gasteiger partial charge in [0.25, 0.3) is 5.91 Å². The van der Waals surface area contributed by atoms with Crippen LogP contribution in [0.2, 0.25) is 0 Å². The maximum atomic E-state index is 12.4. The van der Waals surface area contributed by atoms with Crippen LogP contribution in [-0.4, -0.2) is 12.0 Å². The first-order chi connectivity index (χ1) is 11.5. The van der Waals surface area contributed by atoms with Crippen LogP contribution in [0.5, 0.6) is 5.75 Å². The molecule has 0 saturated carbocycles. The summed E-state index contributed by atoms with van der Waals surface area (Å²) in [5, 5.41) is 3.03. The number of benzene rings is 2. The molecule has 3 heteroatoms. The molecule has 2 aromatic carbocycles. The Hall–Kier alpha value is -2.29. The summed E-state index contributed by atoms with van der Waals surface area (Å²) in [5.74, 6) is 0.676. The Morgan fingerprint density at radius 2 is 1.67 bits per heavy atom. The average molecular weight is 325 g/mol. The van der Waals surface area contributed by atoms with Crippen molar-refractivity contribution in [3.8, 4) is 5.75 Å². The van der Waals surface area contributed by atoms with Gasteiger partial charge in [0.15, 0.2) is 6.10 Å². The molecule has 0 spiro atoms. The number of rotatable bonds is 7. The number of ether oxygens (including phenoxy) is 1. The second-order valence-corrected chi connectivity index (χ2v) is 6.05. The van der Waals surface area contributed by atoms with Crippen LogP contribution in [0.25, 0.3) is 0 Å². The summed E-state index contributed by atoms with van der Waals surface area (Å²) in [6.45, 7) is 7.99. The van der Waals surface area contributed by atoms with Crippen LogP contribution >= 0.6 is 0 Å². The van der Waals surface area contributed by atoms with Gasteiger partial charge in [-0.2, -0.15) is 0 Å². The van der Waals surface area contributed by atoms with E-state index in [1.165, 1.54) is 5.56 Å². The summed E-state index contributed by atoms with van der Waals surface area (Å²) in [6.07, 6.45) is 1.36. The zero-order chi connectivity index (χ0) is 17.5. The monoisotopic (exact) mass is 325 g/mol. The largest absolute Gasteiger partial charge is 0.481 e. The third kappa shape index (κ3) is 4.60. The second kappa shape index (κ2) is 8.53. The lowest BCUT2D eigenvalue weighted by Crippen LogP contribution is -2.37. The zero-order valence-electron chi connectivity index (χ0n) is 15.0. The summed E-state index contributed by atoms with van der Waals surface area (Å²) >= 11 is 0. The predicted molar refractivity (Wildman–Crippen MR) is 98.3 cm³/mol. The van der Waals surface area contributed by atoms with E-state index in [0.29, 0.717) is 0 Å². The SMILES string of the molecule is CCc1ccc(C(C)NC(=O)C(C)Oc2ccccc2CC)cc1. The van der Waals surface area contributed by atoms with Crippen molar-refractivity contribution >= 4 is 5.91 Å². The van der Waals surface area contributed by atoms with Gasteiger partial charge >= 0.3 is 0 Å². The highest BCUT2D eigenvalue weighted by molar-refractivity contribution is 5.81. The number of hydrogen-bond acceptors (Lipinski definition) is 2. The molecule has 1 N–H and O–H groups in total. The van der Waals surface area contributed by atoms with E-state index < -0.39 is 6.10 Å². The van der Waals surface area contributed by atoms with Gasteiger partial charge in [0, 0.05) is 0 Å². The highest BCUT2D eigenvalue weighted by atomic mass is 16.5. The molecule has 24 heavy (non-hydrogen) atoms. The van der Waals surface area contributed by atoms with E-state index >= 15 is 0 Å². The smallest absolute Gasteiger partial charge is 0.261 e. The van der Waals surface area contributed by atoms with Gasteiger partial charge in [-0.25, -0.2) is 0 Å². The number of carbonyl (C=O) groups is 1. The van der Waals surface area contributed by atoms with Crippen LogP contribution in [-0.2, 0) is 17.6 Å². The fourth-order valence-corrected chi connectivity index (χ4v) is 2.61. The van der Waals surface area contributed by atoms with Crippen LogP contribution in [0.1, 0.15) is 50.4 Å². The number of aryl methyl sites for hydroxylation is 2. The minimum Gasteiger partial charge on any atom is -0.481 e. The molecule has 0 radical (unpaired) electrons. The molecule has 0 aliphatic carbocycles. The molecule has 0 aliphatic heterocycles. The fourth-order valence-electron chi connectivity index (χ4n) is 2.61. The van der Waals surface area contributed by atoms with Gasteiger partial charge in [0.05, 0.1) is 6.04 Å². The number of hydrogen-bond donors (Lipinski definition) is 1. The molecule has 0 saturated heterocycles. The first-order valence-corrected chi connectivity index (χ1v) is 8.68. The van der Waals surface area contributed by atoms with Crippen LogP contribution in [0.3, 0.4) is 0 Å². The Bertz CT molecular complexity index is 664. The van der Waals surface area contributed by atoms with Gasteiger partial charge in [0.2, 0.25) is 0 Å². The van der Waals surface area contributed by atoms with Crippen molar-refractivity contribution in [2.24, 2.45) is 0 Å². The van der Waals surface area contributed by atoms with Gasteiger partial charge in [-0.1, -0.05) is 56.3 Å². The molecule has 128 valence electrons. The molecule has 0 heterocycles. The van der Waals surface area contributed by atoms with Gasteiger partial charge in [0.1, 0.15) is 5.75 Å². The lowest BCUT2D eigenvalue weighted by atomic mass is 10.0. The summed E-state index contributed by atoms with van der Waals surface area (Å²) in [5.41, 5.74) is 3.51. The van der Waals surface area contributed by atoms with Crippen molar-refractivity contribution in [2.45, 2.75) is 52.7 Å². The van der Waals surface area contributed by atoms with E-state index in [2.05, 4.69) is 43.4 Å². The fraction of sp³-hybridized carbons (Fsp3) is 0.381. The topological polar surface area (TPSA) is 38.3 Å². The highest BCUT2D eigenvalue weighted by Gasteiger charge is 2.18. The Labute approximate surface area is 145 Å². The van der Waals surface area contributed by atoms with E-state index in [1.807, 2.05) is 31.2 Å². The average Bonchev–Trinajstić information content (AvgIpc) is 2.62. The molecule has 0 fully saturated rings. The minimum atomic E-state index is -0.532. The number of carbonyl (C=O) groups excluding carboxylic acids is 1. The van der Waals surface area contributed by atoms with Gasteiger partial charge in [-0.15, -0.1) is 0 Å². The first-order valence-electron chi connectivity index (χ1n) is 8.68. The van der Waals surface area contributed by atoms with Crippen molar-refractivity contribution in [2.75, 3.05) is 0 Å². The number of para-hydroxylation sites is 1. The lowest BCUT2D eigenvalue weighted by Gasteiger charge is -2.20. The third-order valence-electron chi connectivity index (χ3n) is 4.27. The summed E-state index contributed by atoms with van der Waals surface area (Å²) < 4.78 is 5.86. The van der Waals surface area contributed by atoms with Crippen LogP contribution in [0, 0.1) is 0 Å². The number of amides is 1. The van der Waals surface area contributed by atoms with E-state index in [4.69, 9.17) is 4.74 Å². The zero-order valence-corrected chi connectivity index (χ0v) is 15.0. The normalized spacial score (nSPS) is 13.2. The van der Waals surface area contributed by atoms with Gasteiger partial charge in [-0.3, -0.25) is 4.79 Å². The van der Waals surface area contributed by atoms with Crippen LogP contribution in [0.4, 0.5) is 0 Å². The first kappa shape index (κ1) is 18.1. The standard InChI is InChI=1S/C21H27NO2/c1-5-17-11-13-19(14-12-17)15(3)22-21(23)16(4)24-20-10-8-7-9-18(20)6-2/h7-16H,5-6H2,1-4H3,(H,22,23). The molecular weight excluding hydrogens is 298 g/mol. The predicted octanol–water partition coefficient (Wildman–Crippen LogP) is 4.46. The summed E-state index contributed by atoms with van der Waals surface area (Å²) in [4.78, 5) is 12.4. The van der Waals surface area contributed by atoms with Crippen LogP contribution < -0.4 is 10.1 Å². The van der Waals surface area contributed by atoms with Crippen molar-refractivity contribution in [1.82, 2.24) is 5.32 Å². The summed E-state index contributed by atoms with van der Waals surface area (Å²) in [7, 11) is 0. The van der Waals surface area contributed by atoms with E-state index in [9.17, 15) is 4.79 Å². The highest BCUT2D eigenvalue weighted by Crippen LogP contribution is 2.20. The van der Waals surface area contributed by atoms with E-state index in [0.717, 1.165) is 29.7 Å². The molecule has 0 aliphatic rings. The molecular formula is C21H27NO2. The van der Waals surface area contributed by atoms with Crippen molar-refractivity contribution in [1.29, 1.82) is 0 Å². The molecule has 1 amide bonds. The van der Waals surface area contributed by atoms with E-state index in [-0.39, 0.29) is 11.9 Å². The van der Waals surface area contributed by atoms with Crippen molar-refractivity contribution in [3.63, 3.8) is 0 Å². The third-order valence-corrected chi connectivity index (χ3v) is 4.27. The number of nitrogens with one attached hydrogen (secondary N) is 1. The Balaban J connectivity index is 1.97. The maximum Gasteiger partial charge on any atom is 0.261 e. The lowest BCUT2D eigenvalue weighted by molar-refractivity contribution is -0.127. The van der Waals surface area contributed by atoms with Crippen LogP contribution in [0.15, 0.2) is 48.5 Å². The second-order valence-electron chi connectivity index (χ2n) is 6.05. The molecule has 0 bridgehead atoms. The molecule has 2 unspecified atom stereocenters. The van der Waals surface area contributed by atoms with Gasteiger partial charge in [-0.05, 0) is 49.4 Å². The van der Waals surface area contributed by atoms with Crippen molar-refractivity contribution in [3.05, 3.63) is 65.2 Å². The molecule has 2 atom stereocenters. The Kier molecular flexibility index (Phi) is 6.42. The van der Waals surface area contributed by atoms with Crippen molar-refractivity contribution < 1.29 is 9.53 Å². The molecule has 2 rings (SSSR count). The molecule has 0 aromatic heterocycles. The Morgan fingerprint density at radius 1 is 1.00 bits per heavy atom. The Morgan fingerprint density at radius 3 is 2.29 bits per heavy atom. The van der Waals surface area contributed by atoms with Gasteiger partial charge < -0.3 is 10.1 Å². The minimum absolute atomic E-state index is 0.0455. The molecule has 3 nitrogen and oxygen atoms in total.